The standard InChI is InChI=1S/C25H20O9S2/c1-15-7-8-16(13-23(15)35(27,28)29)25(26)17-9-10-22(24(14-17)36(30,31)32)34-21-12-11-20(33-2)18-5-3-4-6-19(18)21/h3-14H,1-2H3,(H,27,28,29)(H,30,31,32). The van der Waals surface area contributed by atoms with E-state index in [1.54, 1.807) is 36.4 Å². The maximum Gasteiger partial charge on any atom is 0.298 e. The Morgan fingerprint density at radius 2 is 1.19 bits per heavy atom. The monoisotopic (exact) mass is 528 g/mol. The number of rotatable bonds is 7. The molecule has 0 unspecified atom stereocenters. The maximum absolute atomic E-state index is 13.0. The van der Waals surface area contributed by atoms with Crippen LogP contribution in [0.4, 0.5) is 0 Å². The second kappa shape index (κ2) is 9.36. The third-order valence-electron chi connectivity index (χ3n) is 5.50. The lowest BCUT2D eigenvalue weighted by Crippen LogP contribution is -2.08. The van der Waals surface area contributed by atoms with Gasteiger partial charge < -0.3 is 9.47 Å². The van der Waals surface area contributed by atoms with Crippen LogP contribution in [0.2, 0.25) is 0 Å². The predicted octanol–water partition coefficient (Wildman–Crippen LogP) is 4.67. The summed E-state index contributed by atoms with van der Waals surface area (Å²) in [5.74, 6) is -0.0962. The number of carbonyl (C=O) groups is 1. The summed E-state index contributed by atoms with van der Waals surface area (Å²) in [6.07, 6.45) is 0. The van der Waals surface area contributed by atoms with E-state index in [1.165, 1.54) is 38.3 Å². The Morgan fingerprint density at radius 3 is 1.78 bits per heavy atom. The summed E-state index contributed by atoms with van der Waals surface area (Å²) in [4.78, 5) is 11.9. The number of hydrogen-bond donors (Lipinski definition) is 2. The SMILES string of the molecule is COc1ccc(Oc2ccc(C(=O)c3ccc(C)c(S(=O)(=O)O)c3)cc2S(=O)(=O)O)c2ccccc12. The molecule has 0 heterocycles. The van der Waals surface area contributed by atoms with Crippen molar-refractivity contribution in [1.29, 1.82) is 0 Å². The maximum atomic E-state index is 13.0. The van der Waals surface area contributed by atoms with Crippen LogP contribution >= 0.6 is 0 Å². The number of fused-ring (bicyclic) bond motifs is 1. The number of benzene rings is 4. The molecule has 0 saturated heterocycles. The van der Waals surface area contributed by atoms with Gasteiger partial charge in [0.15, 0.2) is 5.78 Å². The van der Waals surface area contributed by atoms with Crippen LogP contribution in [0.5, 0.6) is 17.2 Å². The van der Waals surface area contributed by atoms with Gasteiger partial charge in [-0.15, -0.1) is 0 Å². The zero-order chi connectivity index (χ0) is 26.3. The van der Waals surface area contributed by atoms with Crippen LogP contribution in [0.3, 0.4) is 0 Å². The van der Waals surface area contributed by atoms with Crippen LogP contribution in [-0.4, -0.2) is 38.8 Å². The van der Waals surface area contributed by atoms with Crippen LogP contribution < -0.4 is 9.47 Å². The van der Waals surface area contributed by atoms with Crippen molar-refractivity contribution < 1.29 is 40.2 Å². The lowest BCUT2D eigenvalue weighted by Gasteiger charge is -2.14. The average Bonchev–Trinajstić information content (AvgIpc) is 2.83. The summed E-state index contributed by atoms with van der Waals surface area (Å²) in [7, 11) is -7.90. The fourth-order valence-electron chi connectivity index (χ4n) is 3.75. The van der Waals surface area contributed by atoms with Crippen LogP contribution in [0, 0.1) is 6.92 Å². The van der Waals surface area contributed by atoms with Gasteiger partial charge in [0.2, 0.25) is 0 Å². The van der Waals surface area contributed by atoms with E-state index in [-0.39, 0.29) is 28.2 Å². The van der Waals surface area contributed by atoms with Crippen molar-refractivity contribution in [2.45, 2.75) is 16.7 Å². The lowest BCUT2D eigenvalue weighted by molar-refractivity contribution is 0.103. The minimum Gasteiger partial charge on any atom is -0.496 e. The smallest absolute Gasteiger partial charge is 0.298 e. The molecular formula is C25H20O9S2. The first kappa shape index (κ1) is 25.3. The summed E-state index contributed by atoms with van der Waals surface area (Å²) < 4.78 is 78.0. The molecule has 0 amide bonds. The van der Waals surface area contributed by atoms with Crippen molar-refractivity contribution in [3.8, 4) is 17.2 Å². The quantitative estimate of drug-likeness (QED) is 0.258. The highest BCUT2D eigenvalue weighted by molar-refractivity contribution is 7.86. The Kier molecular flexibility index (Phi) is 6.58. The predicted molar refractivity (Wildman–Crippen MR) is 131 cm³/mol. The first-order valence-corrected chi connectivity index (χ1v) is 13.3. The van der Waals surface area contributed by atoms with Gasteiger partial charge in [-0.05, 0) is 48.9 Å². The summed E-state index contributed by atoms with van der Waals surface area (Å²) in [6, 6.07) is 17.5. The van der Waals surface area contributed by atoms with Crippen LogP contribution in [0.1, 0.15) is 21.5 Å². The Hall–Kier alpha value is -3.77. The van der Waals surface area contributed by atoms with E-state index in [0.717, 1.165) is 12.1 Å². The molecule has 0 aliphatic rings. The van der Waals surface area contributed by atoms with Gasteiger partial charge in [-0.3, -0.25) is 13.9 Å². The van der Waals surface area contributed by atoms with Gasteiger partial charge in [-0.2, -0.15) is 16.8 Å². The molecule has 0 aliphatic carbocycles. The lowest BCUT2D eigenvalue weighted by atomic mass is 10.0. The highest BCUT2D eigenvalue weighted by Crippen LogP contribution is 2.37. The fraction of sp³-hybridized carbons (Fsp3) is 0.0800. The Morgan fingerprint density at radius 1 is 0.694 bits per heavy atom. The molecule has 0 bridgehead atoms. The second-order valence-electron chi connectivity index (χ2n) is 7.83. The fourth-order valence-corrected chi connectivity index (χ4v) is 5.14. The summed E-state index contributed by atoms with van der Waals surface area (Å²) in [6.45, 7) is 1.45. The molecule has 0 aliphatic heterocycles. The molecule has 186 valence electrons. The molecule has 0 aromatic heterocycles. The molecule has 4 rings (SSSR count). The molecule has 0 spiro atoms. The van der Waals surface area contributed by atoms with Gasteiger partial charge >= 0.3 is 0 Å². The van der Waals surface area contributed by atoms with Gasteiger partial charge in [-0.1, -0.05) is 36.4 Å². The van der Waals surface area contributed by atoms with Crippen molar-refractivity contribution in [2.75, 3.05) is 7.11 Å². The second-order valence-corrected chi connectivity index (χ2v) is 10.6. The largest absolute Gasteiger partial charge is 0.496 e. The molecule has 11 heteroatoms. The molecule has 0 radical (unpaired) electrons. The van der Waals surface area contributed by atoms with E-state index < -0.39 is 35.8 Å². The molecule has 0 fully saturated rings. The summed E-state index contributed by atoms with van der Waals surface area (Å²) >= 11 is 0. The third-order valence-corrected chi connectivity index (χ3v) is 7.37. The van der Waals surface area contributed by atoms with E-state index in [1.807, 2.05) is 0 Å². The van der Waals surface area contributed by atoms with Gasteiger partial charge in [0.25, 0.3) is 20.2 Å². The number of aryl methyl sites for hydroxylation is 1. The first-order chi connectivity index (χ1) is 16.9. The first-order valence-electron chi connectivity index (χ1n) is 10.4. The van der Waals surface area contributed by atoms with E-state index in [4.69, 9.17) is 9.47 Å². The zero-order valence-corrected chi connectivity index (χ0v) is 20.6. The highest BCUT2D eigenvalue weighted by Gasteiger charge is 2.23. The Bertz CT molecular complexity index is 1720. The molecule has 4 aromatic rings. The molecule has 36 heavy (non-hydrogen) atoms. The topological polar surface area (TPSA) is 144 Å². The zero-order valence-electron chi connectivity index (χ0n) is 19.0. The van der Waals surface area contributed by atoms with Crippen LogP contribution in [0.15, 0.2) is 82.6 Å². The number of hydrogen-bond acceptors (Lipinski definition) is 7. The van der Waals surface area contributed by atoms with Crippen molar-refractivity contribution in [1.82, 2.24) is 0 Å². The Balaban J connectivity index is 1.79. The van der Waals surface area contributed by atoms with Gasteiger partial charge in [0, 0.05) is 21.9 Å². The van der Waals surface area contributed by atoms with E-state index in [0.29, 0.717) is 16.5 Å². The van der Waals surface area contributed by atoms with Crippen molar-refractivity contribution in [3.63, 3.8) is 0 Å². The number of ether oxygens (including phenoxy) is 2. The number of methoxy groups -OCH3 is 1. The molecule has 9 nitrogen and oxygen atoms in total. The molecule has 2 N–H and O–H groups in total. The van der Waals surface area contributed by atoms with Crippen LogP contribution in [-0.2, 0) is 20.2 Å². The van der Waals surface area contributed by atoms with E-state index in [2.05, 4.69) is 0 Å². The highest BCUT2D eigenvalue weighted by atomic mass is 32.2. The average molecular weight is 529 g/mol. The van der Waals surface area contributed by atoms with E-state index in [9.17, 15) is 30.7 Å². The number of ketones is 1. The molecule has 0 saturated carbocycles. The van der Waals surface area contributed by atoms with Gasteiger partial charge in [0.05, 0.1) is 12.0 Å². The Labute approximate surface area is 207 Å². The molecule has 0 atom stereocenters. The van der Waals surface area contributed by atoms with Crippen LogP contribution in [0.25, 0.3) is 10.8 Å². The third kappa shape index (κ3) is 4.95. The van der Waals surface area contributed by atoms with Crippen molar-refractivity contribution in [2.24, 2.45) is 0 Å². The van der Waals surface area contributed by atoms with Gasteiger partial charge in [0.1, 0.15) is 22.1 Å². The molecule has 4 aromatic carbocycles. The van der Waals surface area contributed by atoms with Crippen molar-refractivity contribution >= 4 is 36.8 Å². The van der Waals surface area contributed by atoms with E-state index >= 15 is 0 Å². The molecular weight excluding hydrogens is 508 g/mol. The summed E-state index contributed by atoms with van der Waals surface area (Å²) in [5.41, 5.74) is -0.0350. The minimum absolute atomic E-state index is 0.107. The van der Waals surface area contributed by atoms with Crippen molar-refractivity contribution in [3.05, 3.63) is 89.5 Å². The minimum atomic E-state index is -4.83. The summed E-state index contributed by atoms with van der Waals surface area (Å²) in [5, 5.41) is 1.34. The number of carbonyl (C=O) groups excluding carboxylic acids is 1. The van der Waals surface area contributed by atoms with Gasteiger partial charge in [-0.25, -0.2) is 0 Å². The normalized spacial score (nSPS) is 11.9.